The summed E-state index contributed by atoms with van der Waals surface area (Å²) in [6.45, 7) is 0. The molecule has 0 N–H and O–H groups in total. The zero-order chi connectivity index (χ0) is 10.6. The van der Waals surface area contributed by atoms with Crippen LogP contribution in [0.1, 0.15) is 5.56 Å². The van der Waals surface area contributed by atoms with E-state index < -0.39 is 0 Å². The van der Waals surface area contributed by atoms with Crippen LogP contribution in [-0.4, -0.2) is 17.9 Å². The maximum Gasteiger partial charge on any atom is 0.152 e. The van der Waals surface area contributed by atoms with Gasteiger partial charge in [-0.2, -0.15) is 0 Å². The molecule has 0 radical (unpaired) electrons. The average molecular weight is 233 g/mol. The van der Waals surface area contributed by atoms with Crippen LogP contribution in [0.25, 0.3) is 0 Å². The number of carbonyl (C=O) groups is 1. The van der Waals surface area contributed by atoms with Crippen molar-refractivity contribution in [1.82, 2.24) is 0 Å². The highest BCUT2D eigenvalue weighted by molar-refractivity contribution is 7.98. The van der Waals surface area contributed by atoms with Gasteiger partial charge in [0.1, 0.15) is 5.82 Å². The molecule has 0 heterocycles. The molecule has 0 amide bonds. The fraction of sp³-hybridized carbons (Fsp3) is 0.300. The molecule has 0 aliphatic rings. The average Bonchev–Trinajstić information content (AvgIpc) is 2.20. The van der Waals surface area contributed by atoms with Gasteiger partial charge in [-0.05, 0) is 18.4 Å². The van der Waals surface area contributed by atoms with E-state index in [4.69, 9.17) is 11.6 Å². The zero-order valence-electron chi connectivity index (χ0n) is 7.72. The van der Waals surface area contributed by atoms with Crippen LogP contribution >= 0.6 is 23.4 Å². The van der Waals surface area contributed by atoms with Crippen LogP contribution in [0.15, 0.2) is 23.1 Å². The van der Waals surface area contributed by atoms with Crippen molar-refractivity contribution in [2.24, 2.45) is 0 Å². The molecule has 1 rings (SSSR count). The molecule has 0 aromatic heterocycles. The molecule has 0 saturated carbocycles. The minimum Gasteiger partial charge on any atom is -0.298 e. The topological polar surface area (TPSA) is 17.1 Å². The van der Waals surface area contributed by atoms with E-state index in [1.165, 1.54) is 17.8 Å². The number of ketones is 1. The summed E-state index contributed by atoms with van der Waals surface area (Å²) in [6.07, 6.45) is 1.93. The third-order valence-corrected chi connectivity index (χ3v) is 2.94. The molecule has 0 aliphatic heterocycles. The Morgan fingerprint density at radius 3 is 2.86 bits per heavy atom. The molecule has 1 nitrogen and oxygen atoms in total. The fourth-order valence-electron chi connectivity index (χ4n) is 1.15. The number of benzene rings is 1. The molecular formula is C10H10ClFOS. The third-order valence-electron chi connectivity index (χ3n) is 1.82. The fourth-order valence-corrected chi connectivity index (χ4v) is 1.87. The number of hydrogen-bond acceptors (Lipinski definition) is 2. The maximum absolute atomic E-state index is 13.3. The van der Waals surface area contributed by atoms with Crippen LogP contribution < -0.4 is 0 Å². The van der Waals surface area contributed by atoms with Crippen molar-refractivity contribution in [3.63, 3.8) is 0 Å². The van der Waals surface area contributed by atoms with Crippen LogP contribution in [0.3, 0.4) is 0 Å². The lowest BCUT2D eigenvalue weighted by atomic mass is 10.1. The Morgan fingerprint density at radius 1 is 1.57 bits per heavy atom. The molecule has 4 heteroatoms. The summed E-state index contributed by atoms with van der Waals surface area (Å²) in [6, 6.07) is 4.79. The lowest BCUT2D eigenvalue weighted by Gasteiger charge is -2.06. The predicted molar refractivity (Wildman–Crippen MR) is 57.6 cm³/mol. The van der Waals surface area contributed by atoms with Crippen molar-refractivity contribution in [2.45, 2.75) is 11.3 Å². The van der Waals surface area contributed by atoms with Gasteiger partial charge in [-0.15, -0.1) is 23.4 Å². The summed E-state index contributed by atoms with van der Waals surface area (Å²) < 4.78 is 13.3. The summed E-state index contributed by atoms with van der Waals surface area (Å²) in [5.74, 6) is -0.565. The van der Waals surface area contributed by atoms with E-state index in [2.05, 4.69) is 0 Å². The summed E-state index contributed by atoms with van der Waals surface area (Å²) in [4.78, 5) is 11.9. The molecule has 0 atom stereocenters. The Morgan fingerprint density at radius 2 is 2.29 bits per heavy atom. The van der Waals surface area contributed by atoms with Gasteiger partial charge in [-0.3, -0.25) is 4.79 Å². The first-order chi connectivity index (χ1) is 6.69. The van der Waals surface area contributed by atoms with Gasteiger partial charge in [0.25, 0.3) is 0 Å². The number of thioether (sulfide) groups is 1. The van der Waals surface area contributed by atoms with Gasteiger partial charge in [0.15, 0.2) is 5.78 Å². The Labute approximate surface area is 91.6 Å². The number of halogens is 2. The zero-order valence-corrected chi connectivity index (χ0v) is 9.29. The van der Waals surface area contributed by atoms with E-state index in [9.17, 15) is 9.18 Å². The second-order valence-corrected chi connectivity index (χ2v) is 3.89. The summed E-state index contributed by atoms with van der Waals surface area (Å²) in [5.41, 5.74) is 0.450. The number of hydrogen-bond donors (Lipinski definition) is 0. The predicted octanol–water partition coefficient (Wildman–Crippen LogP) is 2.90. The summed E-state index contributed by atoms with van der Waals surface area (Å²) in [5, 5.41) is 0. The van der Waals surface area contributed by atoms with Gasteiger partial charge < -0.3 is 0 Å². The summed E-state index contributed by atoms with van der Waals surface area (Å²) in [7, 11) is 0. The molecule has 0 unspecified atom stereocenters. The monoisotopic (exact) mass is 232 g/mol. The van der Waals surface area contributed by atoms with Crippen molar-refractivity contribution >= 4 is 29.1 Å². The minimum atomic E-state index is -0.338. The lowest BCUT2D eigenvalue weighted by molar-refractivity contribution is -0.116. The minimum absolute atomic E-state index is 0.0673. The van der Waals surface area contributed by atoms with E-state index >= 15 is 0 Å². The Hall–Kier alpha value is -0.540. The van der Waals surface area contributed by atoms with Crippen LogP contribution in [0.2, 0.25) is 0 Å². The first kappa shape index (κ1) is 11.5. The highest BCUT2D eigenvalue weighted by Gasteiger charge is 2.11. The van der Waals surface area contributed by atoms with Crippen LogP contribution in [0.5, 0.6) is 0 Å². The van der Waals surface area contributed by atoms with E-state index in [1.807, 2.05) is 6.26 Å². The number of Topliss-reactive ketones (excluding diaryl/α,β-unsaturated/α-hetero) is 1. The Kier molecular flexibility index (Phi) is 4.42. The molecular weight excluding hydrogens is 223 g/mol. The lowest BCUT2D eigenvalue weighted by Crippen LogP contribution is -2.06. The van der Waals surface area contributed by atoms with Crippen molar-refractivity contribution in [3.05, 3.63) is 29.6 Å². The van der Waals surface area contributed by atoms with E-state index in [-0.39, 0.29) is 23.9 Å². The second kappa shape index (κ2) is 5.37. The normalized spacial score (nSPS) is 10.2. The molecule has 76 valence electrons. The molecule has 0 spiro atoms. The Balaban J connectivity index is 2.98. The summed E-state index contributed by atoms with van der Waals surface area (Å²) >= 11 is 6.80. The molecule has 0 fully saturated rings. The molecule has 0 saturated heterocycles. The highest BCUT2D eigenvalue weighted by atomic mass is 35.5. The first-order valence-electron chi connectivity index (χ1n) is 4.08. The van der Waals surface area contributed by atoms with E-state index in [1.54, 1.807) is 12.1 Å². The van der Waals surface area contributed by atoms with Gasteiger partial charge in [0.2, 0.25) is 0 Å². The standard InChI is InChI=1S/C10H10ClFOS/c1-14-10-4-2-3-9(12)8(10)5-7(13)6-11/h2-4H,5-6H2,1H3. The van der Waals surface area contributed by atoms with Gasteiger partial charge in [-0.25, -0.2) is 4.39 Å². The van der Waals surface area contributed by atoms with Crippen molar-refractivity contribution < 1.29 is 9.18 Å². The van der Waals surface area contributed by atoms with E-state index in [0.717, 1.165) is 4.90 Å². The van der Waals surface area contributed by atoms with Crippen LogP contribution in [-0.2, 0) is 11.2 Å². The van der Waals surface area contributed by atoms with Crippen LogP contribution in [0, 0.1) is 5.82 Å². The van der Waals surface area contributed by atoms with Gasteiger partial charge >= 0.3 is 0 Å². The smallest absolute Gasteiger partial charge is 0.152 e. The molecule has 0 bridgehead atoms. The molecule has 14 heavy (non-hydrogen) atoms. The van der Waals surface area contributed by atoms with E-state index in [0.29, 0.717) is 5.56 Å². The third kappa shape index (κ3) is 2.72. The van der Waals surface area contributed by atoms with Gasteiger partial charge in [0.05, 0.1) is 5.88 Å². The number of rotatable bonds is 4. The SMILES string of the molecule is CSc1cccc(F)c1CC(=O)CCl. The number of alkyl halides is 1. The first-order valence-corrected chi connectivity index (χ1v) is 5.84. The quantitative estimate of drug-likeness (QED) is 0.587. The Bertz CT molecular complexity index is 341. The highest BCUT2D eigenvalue weighted by Crippen LogP contribution is 2.23. The van der Waals surface area contributed by atoms with Crippen molar-refractivity contribution in [1.29, 1.82) is 0 Å². The largest absolute Gasteiger partial charge is 0.298 e. The molecule has 1 aromatic rings. The van der Waals surface area contributed by atoms with Crippen LogP contribution in [0.4, 0.5) is 4.39 Å². The van der Waals surface area contributed by atoms with Gasteiger partial charge in [-0.1, -0.05) is 6.07 Å². The molecule has 0 aliphatic carbocycles. The maximum atomic E-state index is 13.3. The van der Waals surface area contributed by atoms with Crippen molar-refractivity contribution in [2.75, 3.05) is 12.1 Å². The number of carbonyl (C=O) groups excluding carboxylic acids is 1. The van der Waals surface area contributed by atoms with Crippen molar-refractivity contribution in [3.8, 4) is 0 Å². The molecule has 1 aromatic carbocycles. The van der Waals surface area contributed by atoms with Gasteiger partial charge in [0, 0.05) is 16.9 Å². The second-order valence-electron chi connectivity index (χ2n) is 2.77.